The maximum Gasteiger partial charge on any atom is 0.549 e. The van der Waals surface area contributed by atoms with Gasteiger partial charge in [-0.05, 0) is 0 Å². The van der Waals surface area contributed by atoms with Gasteiger partial charge in [0.2, 0.25) is 5.65 Å². The lowest BCUT2D eigenvalue weighted by atomic mass is 10.1. The van der Waals surface area contributed by atoms with Gasteiger partial charge in [0.15, 0.2) is 11.8 Å². The number of nitrogens with zero attached hydrogens (tertiary/aromatic N) is 3. The van der Waals surface area contributed by atoms with Crippen molar-refractivity contribution in [3.8, 4) is 0 Å². The van der Waals surface area contributed by atoms with Gasteiger partial charge in [0.25, 0.3) is 5.56 Å². The summed E-state index contributed by atoms with van der Waals surface area (Å²) in [6.45, 7) is -0.631. The van der Waals surface area contributed by atoms with Gasteiger partial charge >= 0.3 is 7.82 Å². The van der Waals surface area contributed by atoms with Crippen molar-refractivity contribution in [1.29, 1.82) is 0 Å². The number of hydrogen-bond acceptors (Lipinski definition) is 10. The summed E-state index contributed by atoms with van der Waals surface area (Å²) in [4.78, 5) is 30.9. The zero-order chi connectivity index (χ0) is 17.5. The van der Waals surface area contributed by atoms with Gasteiger partial charge in [0.05, 0.1) is 12.9 Å². The van der Waals surface area contributed by atoms with Gasteiger partial charge in [-0.1, -0.05) is 0 Å². The highest BCUT2D eigenvalue weighted by atomic mass is 31.2. The molecule has 132 valence electrons. The first-order valence-electron chi connectivity index (χ1n) is 6.57. The second-order valence-electron chi connectivity index (χ2n) is 4.84. The fourth-order valence-electron chi connectivity index (χ4n) is 2.10. The molecule has 3 heterocycles. The number of phosphoric acid groups is 1. The van der Waals surface area contributed by atoms with E-state index in [1.54, 1.807) is 0 Å². The summed E-state index contributed by atoms with van der Waals surface area (Å²) in [6, 6.07) is 0. The quantitative estimate of drug-likeness (QED) is 0.342. The molecule has 5 atom stereocenters. The Morgan fingerprint density at radius 1 is 1.38 bits per heavy atom. The van der Waals surface area contributed by atoms with Crippen LogP contribution in [-0.4, -0.2) is 71.1 Å². The topological polar surface area (TPSA) is 189 Å². The van der Waals surface area contributed by atoms with Crippen molar-refractivity contribution in [1.82, 2.24) is 19.7 Å². The van der Waals surface area contributed by atoms with Crippen molar-refractivity contribution in [3.05, 3.63) is 23.0 Å². The van der Waals surface area contributed by atoms with E-state index in [1.165, 1.54) is 0 Å². The third-order valence-corrected chi connectivity index (χ3v) is 4.09. The lowest BCUT2D eigenvalue weighted by molar-refractivity contribution is -0.128. The molecule has 0 aliphatic carbocycles. The SMILES string of the molecule is O=c1[nH]cnc2c1ncn2OP(=O)(O)OC1O[C@H](CO)[C@@H](O)[C@H]1O. The predicted octanol–water partition coefficient (Wildman–Crippen LogP) is -2.90. The maximum absolute atomic E-state index is 12.0. The number of aliphatic hydroxyl groups excluding tert-OH is 3. The average Bonchev–Trinajstić information content (AvgIpc) is 3.04. The van der Waals surface area contributed by atoms with Gasteiger partial charge in [-0.2, -0.15) is 0 Å². The van der Waals surface area contributed by atoms with Crippen LogP contribution >= 0.6 is 7.82 Å². The number of phosphoric ester groups is 1. The molecule has 1 saturated heterocycles. The van der Waals surface area contributed by atoms with E-state index in [0.717, 1.165) is 12.7 Å². The van der Waals surface area contributed by atoms with Crippen LogP contribution < -0.4 is 10.2 Å². The Kier molecular flexibility index (Phi) is 4.40. The van der Waals surface area contributed by atoms with Crippen molar-refractivity contribution in [2.45, 2.75) is 24.6 Å². The second kappa shape index (κ2) is 6.22. The minimum Gasteiger partial charge on any atom is -0.394 e. The van der Waals surface area contributed by atoms with E-state index in [4.69, 9.17) is 14.5 Å². The number of imidazole rings is 1. The number of ether oxygens (including phenoxy) is 1. The van der Waals surface area contributed by atoms with Crippen LogP contribution in [0.3, 0.4) is 0 Å². The highest BCUT2D eigenvalue weighted by Gasteiger charge is 2.47. The molecule has 1 aliphatic heterocycles. The van der Waals surface area contributed by atoms with Crippen LogP contribution in [0.25, 0.3) is 11.2 Å². The van der Waals surface area contributed by atoms with E-state index >= 15 is 0 Å². The zero-order valence-electron chi connectivity index (χ0n) is 11.8. The number of H-pyrrole nitrogens is 1. The Morgan fingerprint density at radius 2 is 2.12 bits per heavy atom. The number of rotatable bonds is 5. The van der Waals surface area contributed by atoms with Gasteiger partial charge in [-0.25, -0.2) is 19.1 Å². The largest absolute Gasteiger partial charge is 0.549 e. The number of hydrogen-bond donors (Lipinski definition) is 5. The monoisotopic (exact) mass is 364 g/mol. The smallest absolute Gasteiger partial charge is 0.394 e. The molecule has 0 radical (unpaired) electrons. The van der Waals surface area contributed by atoms with E-state index < -0.39 is 44.6 Å². The summed E-state index contributed by atoms with van der Waals surface area (Å²) >= 11 is 0. The molecule has 13 nitrogen and oxygen atoms in total. The number of fused-ring (bicyclic) bond motifs is 1. The Labute approximate surface area is 132 Å². The first-order valence-corrected chi connectivity index (χ1v) is 8.06. The first-order chi connectivity index (χ1) is 11.3. The van der Waals surface area contributed by atoms with Crippen LogP contribution in [0, 0.1) is 0 Å². The van der Waals surface area contributed by atoms with Gasteiger partial charge in [-0.3, -0.25) is 9.69 Å². The third kappa shape index (κ3) is 3.06. The molecule has 0 aromatic carbocycles. The zero-order valence-corrected chi connectivity index (χ0v) is 12.7. The van der Waals surface area contributed by atoms with Crippen molar-refractivity contribution < 1.29 is 38.7 Å². The van der Waals surface area contributed by atoms with Crippen LogP contribution in [0.2, 0.25) is 0 Å². The van der Waals surface area contributed by atoms with Gasteiger partial charge in [0, 0.05) is 0 Å². The van der Waals surface area contributed by atoms with E-state index in [2.05, 4.69) is 19.5 Å². The minimum atomic E-state index is -4.86. The van der Waals surface area contributed by atoms with Crippen molar-refractivity contribution >= 4 is 19.0 Å². The molecule has 24 heavy (non-hydrogen) atoms. The minimum absolute atomic E-state index is 0.134. The molecule has 0 amide bonds. The molecule has 0 saturated carbocycles. The molecule has 14 heteroatoms. The average molecular weight is 364 g/mol. The standard InChI is InChI=1S/C10H13N4O9P/c15-1-4-6(16)7(17)10(21-4)22-24(19,20)23-14-3-13-5-8(14)11-2-12-9(5)18/h2-4,6-7,10,15-17H,1H2,(H,19,20)(H,11,12,18)/t4-,6-,7-,10?/m1/s1. The lowest BCUT2D eigenvalue weighted by Crippen LogP contribution is -2.34. The number of nitrogens with one attached hydrogen (secondary N) is 1. The summed E-state index contributed by atoms with van der Waals surface area (Å²) in [6.07, 6.45) is -4.10. The van der Waals surface area contributed by atoms with Crippen LogP contribution in [0.5, 0.6) is 0 Å². The fourth-order valence-corrected chi connectivity index (χ4v) is 2.92. The lowest BCUT2D eigenvalue weighted by Gasteiger charge is -2.18. The highest BCUT2D eigenvalue weighted by molar-refractivity contribution is 7.47. The van der Waals surface area contributed by atoms with Crippen LogP contribution in [0.4, 0.5) is 0 Å². The fraction of sp³-hybridized carbons (Fsp3) is 0.500. The van der Waals surface area contributed by atoms with Crippen molar-refractivity contribution in [2.24, 2.45) is 0 Å². The number of aromatic amines is 1. The Morgan fingerprint density at radius 3 is 2.79 bits per heavy atom. The van der Waals surface area contributed by atoms with E-state index in [9.17, 15) is 24.5 Å². The Bertz CT molecular complexity index is 837. The van der Waals surface area contributed by atoms with Gasteiger partial charge in [0.1, 0.15) is 24.6 Å². The van der Waals surface area contributed by atoms with Crippen molar-refractivity contribution in [3.63, 3.8) is 0 Å². The highest BCUT2D eigenvalue weighted by Crippen LogP contribution is 2.44. The van der Waals surface area contributed by atoms with E-state index in [0.29, 0.717) is 4.73 Å². The summed E-state index contributed by atoms with van der Waals surface area (Å²) in [5.74, 6) is 0. The third-order valence-electron chi connectivity index (χ3n) is 3.24. The normalized spacial score (nSPS) is 29.7. The maximum atomic E-state index is 12.0. The van der Waals surface area contributed by atoms with Crippen molar-refractivity contribution in [2.75, 3.05) is 6.61 Å². The summed E-state index contributed by atoms with van der Waals surface area (Å²) in [5, 5.41) is 28.2. The predicted molar refractivity (Wildman–Crippen MR) is 73.4 cm³/mol. The van der Waals surface area contributed by atoms with E-state index in [1.807, 2.05) is 0 Å². The van der Waals surface area contributed by atoms with Gasteiger partial charge < -0.3 is 29.7 Å². The molecule has 3 rings (SSSR count). The van der Waals surface area contributed by atoms with Crippen LogP contribution in [-0.2, 0) is 13.8 Å². The van der Waals surface area contributed by atoms with Crippen LogP contribution in [0.1, 0.15) is 0 Å². The molecular formula is C10H13N4O9P. The molecule has 0 spiro atoms. The first kappa shape index (κ1) is 17.0. The van der Waals surface area contributed by atoms with E-state index in [-0.39, 0.29) is 11.2 Å². The van der Waals surface area contributed by atoms with Gasteiger partial charge in [-0.15, -0.1) is 4.73 Å². The molecule has 2 aromatic rings. The molecule has 5 N–H and O–H groups in total. The number of aromatic nitrogens is 4. The summed E-state index contributed by atoms with van der Waals surface area (Å²) in [7, 11) is -4.86. The molecule has 2 aromatic heterocycles. The molecule has 0 bridgehead atoms. The van der Waals surface area contributed by atoms with Crippen LogP contribution in [0.15, 0.2) is 17.4 Å². The molecular weight excluding hydrogens is 351 g/mol. The molecule has 2 unspecified atom stereocenters. The Balaban J connectivity index is 1.78. The summed E-state index contributed by atoms with van der Waals surface area (Å²) in [5.41, 5.74) is -0.859. The Hall–Kier alpha value is -1.86. The molecule has 1 fully saturated rings. The second-order valence-corrected chi connectivity index (χ2v) is 6.15. The number of aliphatic hydroxyl groups is 3. The summed E-state index contributed by atoms with van der Waals surface area (Å²) < 4.78 is 27.0. The molecule has 1 aliphatic rings.